The van der Waals surface area contributed by atoms with Crippen LogP contribution in [0.25, 0.3) is 66.9 Å². The Labute approximate surface area is 647 Å². The number of azide groups is 1. The molecule has 0 aliphatic rings. The molecule has 4 unspecified atom stereocenters. The predicted octanol–water partition coefficient (Wildman–Crippen LogP) is 14.3. The van der Waals surface area contributed by atoms with Crippen molar-refractivity contribution in [3.63, 3.8) is 0 Å². The summed E-state index contributed by atoms with van der Waals surface area (Å²) in [6.45, 7) is 7.10. The highest BCUT2D eigenvalue weighted by molar-refractivity contribution is 7.79. The summed E-state index contributed by atoms with van der Waals surface area (Å²) in [6, 6.07) is 75.1. The van der Waals surface area contributed by atoms with Gasteiger partial charge in [0.2, 0.25) is 0 Å². The largest absolute Gasteiger partial charge is 0.387 e. The minimum atomic E-state index is -0.802. The topological polar surface area (TPSA) is 319 Å². The minimum absolute atomic E-state index is 0.229. The lowest BCUT2D eigenvalue weighted by molar-refractivity contribution is 0.191. The molecule has 0 aliphatic heterocycles. The Bertz CT molecular complexity index is 6140. The van der Waals surface area contributed by atoms with E-state index in [4.69, 9.17) is 57.7 Å². The summed E-state index contributed by atoms with van der Waals surface area (Å²) in [5.74, 6) is 0.591. The van der Waals surface area contributed by atoms with Gasteiger partial charge in [0.25, 0.3) is 0 Å². The lowest BCUT2D eigenvalue weighted by Gasteiger charge is -2.20. The number of aromatic nitrogens is 16. The van der Waals surface area contributed by atoms with Crippen molar-refractivity contribution >= 4 is 110 Å². The third-order valence-corrected chi connectivity index (χ3v) is 20.8. The first-order valence-corrected chi connectivity index (χ1v) is 37.0. The Morgan fingerprint density at radius 2 is 0.764 bits per heavy atom. The maximum Gasteiger partial charge on any atom is 0.340 e. The van der Waals surface area contributed by atoms with E-state index in [0.717, 1.165) is 11.4 Å². The molecule has 31 heteroatoms. The number of nitrogens with zero attached hydrogens (tertiary/aromatic N) is 18. The number of nitrogens with one attached hydrogen (secondary N) is 2. The Hall–Kier alpha value is -12.6. The fourth-order valence-corrected chi connectivity index (χ4v) is 15.4. The molecule has 26 nitrogen and oxygen atoms in total. The van der Waals surface area contributed by atoms with Crippen LogP contribution >= 0.6 is 54.3 Å². The van der Waals surface area contributed by atoms with Crippen LogP contribution in [0.5, 0.6) is 0 Å². The quantitative estimate of drug-likeness (QED) is 0.0340. The van der Waals surface area contributed by atoms with Gasteiger partial charge in [-0.05, 0) is 98.7 Å². The highest BCUT2D eigenvalue weighted by Gasteiger charge is 2.24. The van der Waals surface area contributed by atoms with Crippen LogP contribution in [0, 0.1) is 0 Å². The van der Waals surface area contributed by atoms with E-state index in [-0.39, 0.29) is 55.5 Å². The normalized spacial score (nSPS) is 12.2. The van der Waals surface area contributed by atoms with Crippen LogP contribution < -0.4 is 49.7 Å². The van der Waals surface area contributed by atoms with Gasteiger partial charge in [0.1, 0.15) is 55.0 Å². The summed E-state index contributed by atoms with van der Waals surface area (Å²) in [6.07, 6.45) is 7.96. The smallest absolute Gasteiger partial charge is 0.340 e. The molecule has 17 rings (SSSR count). The van der Waals surface area contributed by atoms with Gasteiger partial charge in [0.15, 0.2) is 11.5 Å². The van der Waals surface area contributed by atoms with E-state index in [1.807, 2.05) is 117 Å². The van der Waals surface area contributed by atoms with Crippen molar-refractivity contribution in [2.45, 2.75) is 51.9 Å². The summed E-state index contributed by atoms with van der Waals surface area (Å²) >= 11 is 24.2. The molecule has 0 radical (unpaired) electrons. The number of anilines is 1. The number of aromatic amines is 1. The van der Waals surface area contributed by atoms with Gasteiger partial charge in [-0.25, -0.2) is 71.7 Å². The molecule has 10 heterocycles. The first-order chi connectivity index (χ1) is 53.4. The average molecular weight is 1560 g/mol. The lowest BCUT2D eigenvalue weighted by Crippen LogP contribution is -2.30. The van der Waals surface area contributed by atoms with E-state index >= 15 is 0 Å². The van der Waals surface area contributed by atoms with E-state index < -0.39 is 20.1 Å². The molecule has 0 fully saturated rings. The van der Waals surface area contributed by atoms with Crippen molar-refractivity contribution in [1.29, 1.82) is 0 Å². The molecule has 550 valence electrons. The lowest BCUT2D eigenvalue weighted by atomic mass is 10.2. The van der Waals surface area contributed by atoms with Crippen LogP contribution in [0.1, 0.15) is 74.7 Å². The number of aliphatic hydroxyl groups excluding tert-OH is 1. The monoisotopic (exact) mass is 1560 g/mol. The zero-order valence-corrected chi connectivity index (χ0v) is 62.9. The van der Waals surface area contributed by atoms with Crippen LogP contribution in [0.3, 0.4) is 0 Å². The van der Waals surface area contributed by atoms with E-state index in [9.17, 15) is 24.3 Å². The molecule has 17 aromatic rings. The molecule has 0 amide bonds. The number of hydrogen-bond acceptors (Lipinski definition) is 15. The molecule has 0 spiro atoms. The second-order valence-corrected chi connectivity index (χ2v) is 28.3. The van der Waals surface area contributed by atoms with Crippen molar-refractivity contribution in [3.05, 3.63) is 370 Å². The molecule has 0 aliphatic carbocycles. The van der Waals surface area contributed by atoms with Crippen molar-refractivity contribution in [2.24, 2.45) is 10.8 Å². The fourth-order valence-electron chi connectivity index (χ4n) is 12.3. The van der Waals surface area contributed by atoms with Gasteiger partial charge in [-0.2, -0.15) is 0 Å². The third kappa shape index (κ3) is 16.0. The summed E-state index contributed by atoms with van der Waals surface area (Å²) in [7, 11) is -0.446. The predicted molar refractivity (Wildman–Crippen MR) is 433 cm³/mol. The summed E-state index contributed by atoms with van der Waals surface area (Å²) < 4.78 is 11.4. The second-order valence-electron chi connectivity index (χ2n) is 24.6. The Morgan fingerprint density at radius 3 is 1.12 bits per heavy atom. The molecule has 7 aromatic carbocycles. The number of H-pyrrole nitrogens is 1. The number of aliphatic hydroxyl groups is 1. The van der Waals surface area contributed by atoms with Crippen molar-refractivity contribution < 1.29 is 5.11 Å². The van der Waals surface area contributed by atoms with Gasteiger partial charge < -0.3 is 21.1 Å². The molecule has 4 atom stereocenters. The second kappa shape index (κ2) is 34.1. The molecular formula is C79H66Cl4N21O5P. The first-order valence-electron chi connectivity index (χ1n) is 34.1. The van der Waals surface area contributed by atoms with Gasteiger partial charge in [0, 0.05) is 46.6 Å². The minimum Gasteiger partial charge on any atom is -0.387 e. The maximum atomic E-state index is 13.3. The SMILES string of the molecule is CC(N)c1cc2ncc(Cl)n2c(=O)n1-c1ccccc1.CC(N=[N+]=[N-])c1cc2ncc(Cl)n2c(=O)n1-c1ccccc1.CC(Nc1ncnc2nc[nH]c12)c1cc2ncc(Cl)n2c(=O)n1-c1ccccc1.CC(O)c1cc2ncc(Cl)n2c(=O)n1-c1ccccc1.c1ccc(P(c2ccccc2)c2ccccc2)cc1. The summed E-state index contributed by atoms with van der Waals surface area (Å²) in [5.41, 5.74) is 21.7. The fraction of sp³-hybridized carbons (Fsp3) is 0.101. The number of benzene rings is 7. The Morgan fingerprint density at radius 1 is 0.445 bits per heavy atom. The van der Waals surface area contributed by atoms with Crippen molar-refractivity contribution in [1.82, 2.24) is 75.7 Å². The number of fused-ring (bicyclic) bond motifs is 5. The van der Waals surface area contributed by atoms with Gasteiger partial charge in [0.05, 0.1) is 83.4 Å². The van der Waals surface area contributed by atoms with Gasteiger partial charge in [-0.3, -0.25) is 18.3 Å². The molecular weight excluding hydrogens is 1500 g/mol. The van der Waals surface area contributed by atoms with Crippen LogP contribution in [0.4, 0.5) is 5.82 Å². The molecule has 0 bridgehead atoms. The van der Waals surface area contributed by atoms with Gasteiger partial charge in [-0.1, -0.05) is 222 Å². The van der Waals surface area contributed by atoms with E-state index in [0.29, 0.717) is 73.7 Å². The Balaban J connectivity index is 0.000000122. The van der Waals surface area contributed by atoms with Gasteiger partial charge >= 0.3 is 22.8 Å². The van der Waals surface area contributed by atoms with E-state index in [2.05, 4.69) is 146 Å². The zero-order valence-electron chi connectivity index (χ0n) is 59.0. The number of imidazole rings is 5. The summed E-state index contributed by atoms with van der Waals surface area (Å²) in [5, 5.41) is 22.2. The number of hydrogen-bond donors (Lipinski definition) is 4. The van der Waals surface area contributed by atoms with E-state index in [1.165, 1.54) is 73.8 Å². The Kier molecular flexibility index (Phi) is 23.4. The molecule has 0 saturated carbocycles. The highest BCUT2D eigenvalue weighted by atomic mass is 35.5. The van der Waals surface area contributed by atoms with Crippen LogP contribution in [0.2, 0.25) is 20.6 Å². The number of rotatable bonds is 14. The van der Waals surface area contributed by atoms with Crippen molar-refractivity contribution in [3.8, 4) is 22.7 Å². The first kappa shape index (κ1) is 75.6. The highest BCUT2D eigenvalue weighted by Crippen LogP contribution is 2.33. The van der Waals surface area contributed by atoms with Gasteiger partial charge in [-0.15, -0.1) is 0 Å². The molecule has 10 aromatic heterocycles. The average Bonchev–Trinajstić information content (AvgIpc) is 1.46. The van der Waals surface area contributed by atoms with Crippen LogP contribution in [-0.2, 0) is 0 Å². The zero-order chi connectivity index (χ0) is 77.1. The van der Waals surface area contributed by atoms with E-state index in [1.54, 1.807) is 71.8 Å². The number of para-hydroxylation sites is 4. The third-order valence-electron chi connectivity index (χ3n) is 17.3. The van der Waals surface area contributed by atoms with Crippen LogP contribution in [0.15, 0.2) is 298 Å². The number of nitrogens with two attached hydrogens (primary N) is 1. The summed E-state index contributed by atoms with van der Waals surface area (Å²) in [4.78, 5) is 86.4. The molecule has 5 N–H and O–H groups in total. The number of halogens is 4. The standard InChI is InChI=1S/C19H15ClN8O.C18H15P.C14H11ClN6O.C14H13ClN4O.C14H12ClN3O2/c1-11(26-18-16-17(23-9-22-16)24-10-25-18)13-7-15-21-8-14(20)28(15)19(29)27(13)12-5-3-2-4-6-12;1-4-10-16(11-5-1)19(17-12-6-2-7-13-17)18-14-8-3-9-15-18;1-9(18-19-16)11-7-13-17-8-12(15)21(13)14(22)20(11)10-5-3-2-4-6-10;1-9(16)11-7-13-17-8-12(15)19(13)14(20)18(11)10-5-3-2-4-6-10;1-9(19)11-7-13-16-8-12(15)18(13)14(20)17(11)10-5-3-2-4-6-10/h2-11H,1H3,(H2,22,23,24,25,26);1-15H;2-9H,1H3;2-9H,16H2,1H3;2-9,19H,1H3. The van der Waals surface area contributed by atoms with Crippen LogP contribution in [-0.4, -0.2) is 80.8 Å². The van der Waals surface area contributed by atoms with Crippen molar-refractivity contribution in [2.75, 3.05) is 5.32 Å². The molecule has 110 heavy (non-hydrogen) atoms. The maximum absolute atomic E-state index is 13.3. The molecule has 0 saturated heterocycles.